The summed E-state index contributed by atoms with van der Waals surface area (Å²) in [6.45, 7) is 1.91. The second-order valence-corrected chi connectivity index (χ2v) is 2.99. The van der Waals surface area contributed by atoms with Gasteiger partial charge < -0.3 is 0 Å². The minimum atomic E-state index is -0.875. The number of alkyl halides is 1. The highest BCUT2D eigenvalue weighted by Gasteiger charge is 2.47. The molecule has 2 heteroatoms. The molecule has 0 N–H and O–H groups in total. The number of hydrogen-bond donors (Lipinski definition) is 0. The van der Waals surface area contributed by atoms with Crippen molar-refractivity contribution in [1.29, 1.82) is 0 Å². The molecule has 0 aromatic rings. The Bertz CT molecular complexity index is 69.9. The summed E-state index contributed by atoms with van der Waals surface area (Å²) in [4.78, 5) is 0. The van der Waals surface area contributed by atoms with Gasteiger partial charge in [0.1, 0.15) is 5.41 Å². The molecular formula is C4H8FP. The van der Waals surface area contributed by atoms with Gasteiger partial charge in [0.25, 0.3) is 0 Å². The van der Waals surface area contributed by atoms with Crippen molar-refractivity contribution in [2.45, 2.75) is 18.8 Å². The first-order valence-electron chi connectivity index (χ1n) is 2.11. The Hall–Kier alpha value is 0.360. The smallest absolute Gasteiger partial charge is 0.126 e. The molecule has 0 aliphatic heterocycles. The zero-order valence-electron chi connectivity index (χ0n) is 3.74. The summed E-state index contributed by atoms with van der Waals surface area (Å²) in [6, 6.07) is 0. The van der Waals surface area contributed by atoms with E-state index in [2.05, 4.69) is 9.24 Å². The van der Waals surface area contributed by atoms with Crippen LogP contribution in [0.4, 0.5) is 4.39 Å². The standard InChI is InChI=1S/C4H8FP/c1-3-2-4(3,5)6/h3H,2,6H2,1H3. The Balaban J connectivity index is 2.41. The van der Waals surface area contributed by atoms with E-state index >= 15 is 0 Å². The van der Waals surface area contributed by atoms with Crippen LogP contribution < -0.4 is 0 Å². The van der Waals surface area contributed by atoms with E-state index in [0.717, 1.165) is 6.42 Å². The van der Waals surface area contributed by atoms with Gasteiger partial charge in [-0.2, -0.15) is 0 Å². The minimum Gasteiger partial charge on any atom is -0.239 e. The molecule has 0 heterocycles. The zero-order chi connectivity index (χ0) is 4.78. The number of hydrogen-bond acceptors (Lipinski definition) is 0. The van der Waals surface area contributed by atoms with Gasteiger partial charge in [-0.05, 0) is 12.3 Å². The zero-order valence-corrected chi connectivity index (χ0v) is 4.89. The summed E-state index contributed by atoms with van der Waals surface area (Å²) < 4.78 is 12.2. The molecule has 36 valence electrons. The molecule has 1 rings (SSSR count). The van der Waals surface area contributed by atoms with Crippen molar-refractivity contribution in [3.05, 3.63) is 0 Å². The molecule has 1 aliphatic rings. The largest absolute Gasteiger partial charge is 0.239 e. The van der Waals surface area contributed by atoms with E-state index in [1.807, 2.05) is 6.92 Å². The summed E-state index contributed by atoms with van der Waals surface area (Å²) in [5.41, 5.74) is 0. The van der Waals surface area contributed by atoms with Crippen molar-refractivity contribution >= 4 is 9.24 Å². The highest BCUT2D eigenvalue weighted by Crippen LogP contribution is 2.51. The van der Waals surface area contributed by atoms with E-state index in [4.69, 9.17) is 0 Å². The predicted octanol–water partition coefficient (Wildman–Crippen LogP) is 1.57. The maximum Gasteiger partial charge on any atom is 0.126 e. The van der Waals surface area contributed by atoms with Crippen LogP contribution in [-0.4, -0.2) is 5.41 Å². The lowest BCUT2D eigenvalue weighted by atomic mass is 10.5. The lowest BCUT2D eigenvalue weighted by molar-refractivity contribution is 0.411. The molecule has 0 nitrogen and oxygen atoms in total. The van der Waals surface area contributed by atoms with Gasteiger partial charge in [0.2, 0.25) is 0 Å². The molecule has 0 bridgehead atoms. The monoisotopic (exact) mass is 106 g/mol. The summed E-state index contributed by atoms with van der Waals surface area (Å²) in [5.74, 6) is 0.294. The lowest BCUT2D eigenvalue weighted by Gasteiger charge is -1.87. The fourth-order valence-electron chi connectivity index (χ4n) is 0.410. The van der Waals surface area contributed by atoms with Crippen LogP contribution in [0.2, 0.25) is 0 Å². The molecule has 6 heavy (non-hydrogen) atoms. The van der Waals surface area contributed by atoms with Crippen molar-refractivity contribution in [2.75, 3.05) is 0 Å². The van der Waals surface area contributed by atoms with Gasteiger partial charge >= 0.3 is 0 Å². The summed E-state index contributed by atoms with van der Waals surface area (Å²) in [7, 11) is 2.20. The first-order valence-corrected chi connectivity index (χ1v) is 2.68. The van der Waals surface area contributed by atoms with Gasteiger partial charge in [0.05, 0.1) is 0 Å². The Kier molecular flexibility index (Phi) is 0.715. The van der Waals surface area contributed by atoms with Crippen molar-refractivity contribution < 1.29 is 4.39 Å². The molecule has 0 amide bonds. The van der Waals surface area contributed by atoms with Crippen LogP contribution >= 0.6 is 9.24 Å². The summed E-state index contributed by atoms with van der Waals surface area (Å²) in [6.07, 6.45) is 0.734. The second kappa shape index (κ2) is 0.949. The van der Waals surface area contributed by atoms with Gasteiger partial charge in [-0.3, -0.25) is 0 Å². The van der Waals surface area contributed by atoms with Crippen molar-refractivity contribution in [3.8, 4) is 0 Å². The molecule has 0 aromatic carbocycles. The third-order valence-electron chi connectivity index (χ3n) is 1.28. The molecule has 0 aromatic heterocycles. The average Bonchev–Trinajstić information content (AvgIpc) is 1.73. The maximum absolute atomic E-state index is 12.2. The highest BCUT2D eigenvalue weighted by atomic mass is 31.0. The quantitative estimate of drug-likeness (QED) is 0.411. The normalized spacial score (nSPS) is 55.5. The van der Waals surface area contributed by atoms with Crippen LogP contribution in [0.5, 0.6) is 0 Å². The van der Waals surface area contributed by atoms with Gasteiger partial charge in [0.15, 0.2) is 0 Å². The second-order valence-electron chi connectivity index (χ2n) is 2.03. The molecule has 3 unspecified atom stereocenters. The van der Waals surface area contributed by atoms with Crippen LogP contribution in [0.3, 0.4) is 0 Å². The molecule has 1 fully saturated rings. The molecule has 0 saturated heterocycles. The Morgan fingerprint density at radius 3 is 2.17 bits per heavy atom. The van der Waals surface area contributed by atoms with Crippen LogP contribution in [0.25, 0.3) is 0 Å². The first-order chi connectivity index (χ1) is 2.63. The van der Waals surface area contributed by atoms with Crippen LogP contribution in [0.15, 0.2) is 0 Å². The predicted molar refractivity (Wildman–Crippen MR) is 27.3 cm³/mol. The molecule has 1 aliphatic carbocycles. The fourth-order valence-corrected chi connectivity index (χ4v) is 0.764. The lowest BCUT2D eigenvalue weighted by Crippen LogP contribution is -1.83. The highest BCUT2D eigenvalue weighted by molar-refractivity contribution is 7.19. The molecule has 1 saturated carbocycles. The first kappa shape index (κ1) is 4.52. The molecule has 0 radical (unpaired) electrons. The molecule has 3 atom stereocenters. The van der Waals surface area contributed by atoms with E-state index < -0.39 is 5.41 Å². The van der Waals surface area contributed by atoms with E-state index in [9.17, 15) is 4.39 Å². The molecule has 0 spiro atoms. The minimum absolute atomic E-state index is 0.294. The van der Waals surface area contributed by atoms with Crippen molar-refractivity contribution in [2.24, 2.45) is 5.92 Å². The van der Waals surface area contributed by atoms with Crippen molar-refractivity contribution in [1.82, 2.24) is 0 Å². The SMILES string of the molecule is CC1CC1(F)P. The van der Waals surface area contributed by atoms with Gasteiger partial charge in [-0.15, -0.1) is 0 Å². The van der Waals surface area contributed by atoms with Gasteiger partial charge in [-0.25, -0.2) is 4.39 Å². The third kappa shape index (κ3) is 0.562. The van der Waals surface area contributed by atoms with Crippen molar-refractivity contribution in [3.63, 3.8) is 0 Å². The topological polar surface area (TPSA) is 0 Å². The molecular weight excluding hydrogens is 98.0 g/mol. The van der Waals surface area contributed by atoms with E-state index in [0.29, 0.717) is 5.92 Å². The number of rotatable bonds is 0. The average molecular weight is 106 g/mol. The number of halogens is 1. The Labute approximate surface area is 39.3 Å². The summed E-state index contributed by atoms with van der Waals surface area (Å²) >= 11 is 0. The van der Waals surface area contributed by atoms with E-state index in [1.165, 1.54) is 0 Å². The van der Waals surface area contributed by atoms with Crippen LogP contribution in [-0.2, 0) is 0 Å². The van der Waals surface area contributed by atoms with Gasteiger partial charge in [-0.1, -0.05) is 16.2 Å². The fraction of sp³-hybridized carbons (Fsp3) is 1.00. The Morgan fingerprint density at radius 2 is 2.17 bits per heavy atom. The van der Waals surface area contributed by atoms with E-state index in [-0.39, 0.29) is 0 Å². The van der Waals surface area contributed by atoms with E-state index in [1.54, 1.807) is 0 Å². The maximum atomic E-state index is 12.2. The Morgan fingerprint density at radius 1 is 2.00 bits per heavy atom. The summed E-state index contributed by atoms with van der Waals surface area (Å²) in [5, 5.41) is -0.875. The third-order valence-corrected chi connectivity index (χ3v) is 2.08. The van der Waals surface area contributed by atoms with Crippen LogP contribution in [0, 0.1) is 5.92 Å². The van der Waals surface area contributed by atoms with Gasteiger partial charge in [0, 0.05) is 0 Å². The van der Waals surface area contributed by atoms with Crippen LogP contribution in [0.1, 0.15) is 13.3 Å².